The van der Waals surface area contributed by atoms with E-state index >= 15 is 0 Å². The summed E-state index contributed by atoms with van der Waals surface area (Å²) in [6.07, 6.45) is 0. The van der Waals surface area contributed by atoms with Gasteiger partial charge in [0.1, 0.15) is 5.69 Å². The maximum atomic E-state index is 12.4. The zero-order valence-corrected chi connectivity index (χ0v) is 16.6. The Balaban J connectivity index is 1.69. The normalized spacial score (nSPS) is 10.5. The maximum absolute atomic E-state index is 12.4. The first-order chi connectivity index (χ1) is 13.5. The minimum absolute atomic E-state index is 0.262. The smallest absolute Gasteiger partial charge is 0.289 e. The van der Waals surface area contributed by atoms with Crippen molar-refractivity contribution in [2.45, 2.75) is 13.8 Å². The Labute approximate surface area is 168 Å². The van der Waals surface area contributed by atoms with Crippen LogP contribution in [0.15, 0.2) is 66.0 Å². The largest absolute Gasteiger partial charge is 0.318 e. The molecule has 28 heavy (non-hydrogen) atoms. The molecule has 0 unspecified atom stereocenters. The molecule has 1 aromatic heterocycles. The summed E-state index contributed by atoms with van der Waals surface area (Å²) in [5, 5.41) is 2.43. The van der Waals surface area contributed by atoms with Crippen molar-refractivity contribution >= 4 is 34.0 Å². The van der Waals surface area contributed by atoms with Gasteiger partial charge in [-0.2, -0.15) is 0 Å². The fourth-order valence-electron chi connectivity index (χ4n) is 2.60. The van der Waals surface area contributed by atoms with Crippen molar-refractivity contribution in [3.05, 3.63) is 77.3 Å². The van der Waals surface area contributed by atoms with Crippen LogP contribution in [-0.2, 0) is 0 Å². The Kier molecular flexibility index (Phi) is 6.39. The summed E-state index contributed by atoms with van der Waals surface area (Å²) in [4.78, 5) is 31.0. The van der Waals surface area contributed by atoms with E-state index in [1.807, 2.05) is 36.4 Å². The highest BCUT2D eigenvalue weighted by Gasteiger charge is 2.18. The number of nitrogens with zero attached hydrogens (tertiary/aromatic N) is 2. The van der Waals surface area contributed by atoms with Crippen LogP contribution in [0.2, 0.25) is 0 Å². The molecule has 1 heterocycles. The summed E-state index contributed by atoms with van der Waals surface area (Å²) in [6, 6.07) is 18.6. The molecular weight excluding hydrogens is 372 g/mol. The Hall–Kier alpha value is -3.19. The highest BCUT2D eigenvalue weighted by atomic mass is 32.1. The van der Waals surface area contributed by atoms with Gasteiger partial charge < -0.3 is 4.90 Å². The molecule has 7 heteroatoms. The Morgan fingerprint density at radius 1 is 0.964 bits per heavy atom. The topological polar surface area (TPSA) is 74.3 Å². The number of thiazole rings is 1. The molecule has 0 aliphatic carbocycles. The van der Waals surface area contributed by atoms with Gasteiger partial charge in [0.25, 0.3) is 11.8 Å². The van der Waals surface area contributed by atoms with Gasteiger partial charge in [0.05, 0.1) is 0 Å². The molecule has 2 aromatic carbocycles. The summed E-state index contributed by atoms with van der Waals surface area (Å²) in [5.41, 5.74) is 6.58. The summed E-state index contributed by atoms with van der Waals surface area (Å²) >= 11 is 1.39. The molecule has 0 saturated heterocycles. The van der Waals surface area contributed by atoms with Gasteiger partial charge in [-0.3, -0.25) is 20.4 Å². The number of hydrogen-bond acceptors (Lipinski definition) is 5. The van der Waals surface area contributed by atoms with Crippen LogP contribution in [-0.4, -0.2) is 23.3 Å². The van der Waals surface area contributed by atoms with E-state index in [2.05, 4.69) is 34.6 Å². The van der Waals surface area contributed by atoms with Crippen LogP contribution in [0.5, 0.6) is 0 Å². The number of benzene rings is 2. The SMILES string of the molecule is CC(C)CN(c1ccccc1)c1nc(C(=O)NNC(=O)c2ccccc2)cs1. The van der Waals surface area contributed by atoms with Crippen LogP contribution in [0.4, 0.5) is 10.8 Å². The number of rotatable bonds is 6. The molecule has 3 aromatic rings. The number of aromatic nitrogens is 1. The highest BCUT2D eigenvalue weighted by molar-refractivity contribution is 7.14. The Morgan fingerprint density at radius 2 is 1.57 bits per heavy atom. The van der Waals surface area contributed by atoms with E-state index < -0.39 is 5.91 Å². The van der Waals surface area contributed by atoms with E-state index in [9.17, 15) is 9.59 Å². The zero-order chi connectivity index (χ0) is 19.9. The van der Waals surface area contributed by atoms with E-state index in [-0.39, 0.29) is 11.6 Å². The molecule has 0 atom stereocenters. The average Bonchev–Trinajstić information content (AvgIpc) is 3.21. The predicted octanol–water partition coefficient (Wildman–Crippen LogP) is 4.01. The van der Waals surface area contributed by atoms with Crippen molar-refractivity contribution < 1.29 is 9.59 Å². The zero-order valence-electron chi connectivity index (χ0n) is 15.8. The number of anilines is 2. The summed E-state index contributed by atoms with van der Waals surface area (Å²) < 4.78 is 0. The van der Waals surface area contributed by atoms with Crippen LogP contribution in [0.3, 0.4) is 0 Å². The number of carbonyl (C=O) groups excluding carboxylic acids is 2. The third-order valence-electron chi connectivity index (χ3n) is 3.90. The minimum Gasteiger partial charge on any atom is -0.318 e. The van der Waals surface area contributed by atoms with Crippen molar-refractivity contribution in [3.8, 4) is 0 Å². The molecule has 2 N–H and O–H groups in total. The molecule has 0 aliphatic heterocycles. The van der Waals surface area contributed by atoms with Crippen LogP contribution in [0.25, 0.3) is 0 Å². The third kappa shape index (κ3) is 4.95. The van der Waals surface area contributed by atoms with Crippen molar-refractivity contribution in [2.75, 3.05) is 11.4 Å². The first kappa shape index (κ1) is 19.6. The predicted molar refractivity (Wildman–Crippen MR) is 112 cm³/mol. The van der Waals surface area contributed by atoms with Crippen molar-refractivity contribution in [1.82, 2.24) is 15.8 Å². The lowest BCUT2D eigenvalue weighted by Crippen LogP contribution is -2.41. The molecule has 0 fully saturated rings. The number of nitrogens with one attached hydrogen (secondary N) is 2. The molecule has 0 saturated carbocycles. The third-order valence-corrected chi connectivity index (χ3v) is 4.76. The van der Waals surface area contributed by atoms with Crippen LogP contribution in [0.1, 0.15) is 34.7 Å². The van der Waals surface area contributed by atoms with Crippen molar-refractivity contribution in [3.63, 3.8) is 0 Å². The van der Waals surface area contributed by atoms with Gasteiger partial charge in [-0.25, -0.2) is 4.98 Å². The molecule has 0 aliphatic rings. The molecule has 6 nitrogen and oxygen atoms in total. The second-order valence-corrected chi connectivity index (χ2v) is 7.47. The Bertz CT molecular complexity index is 926. The lowest BCUT2D eigenvalue weighted by atomic mass is 10.2. The van der Waals surface area contributed by atoms with Crippen molar-refractivity contribution in [2.24, 2.45) is 5.92 Å². The number of carbonyl (C=O) groups is 2. The molecule has 0 bridgehead atoms. The molecule has 2 amide bonds. The number of hydrazine groups is 1. The number of hydrogen-bond donors (Lipinski definition) is 2. The van der Waals surface area contributed by atoms with Gasteiger partial charge in [-0.15, -0.1) is 11.3 Å². The summed E-state index contributed by atoms with van der Waals surface area (Å²) in [7, 11) is 0. The average molecular weight is 395 g/mol. The first-order valence-corrected chi connectivity index (χ1v) is 9.86. The first-order valence-electron chi connectivity index (χ1n) is 8.98. The quantitative estimate of drug-likeness (QED) is 0.620. The van der Waals surface area contributed by atoms with Gasteiger partial charge in [0.2, 0.25) is 0 Å². The van der Waals surface area contributed by atoms with E-state index in [1.165, 1.54) is 11.3 Å². The Morgan fingerprint density at radius 3 is 2.21 bits per heavy atom. The second kappa shape index (κ2) is 9.14. The van der Waals surface area contributed by atoms with Gasteiger partial charge in [0.15, 0.2) is 5.13 Å². The number of para-hydroxylation sites is 1. The molecule has 0 radical (unpaired) electrons. The fourth-order valence-corrected chi connectivity index (χ4v) is 3.43. The highest BCUT2D eigenvalue weighted by Crippen LogP contribution is 2.29. The maximum Gasteiger partial charge on any atom is 0.289 e. The van der Waals surface area contributed by atoms with Gasteiger partial charge in [-0.05, 0) is 30.2 Å². The van der Waals surface area contributed by atoms with E-state index in [0.717, 1.165) is 17.4 Å². The van der Waals surface area contributed by atoms with E-state index in [0.29, 0.717) is 11.5 Å². The molecule has 0 spiro atoms. The van der Waals surface area contributed by atoms with E-state index in [1.54, 1.807) is 29.6 Å². The minimum atomic E-state index is -0.454. The monoisotopic (exact) mass is 394 g/mol. The van der Waals surface area contributed by atoms with Gasteiger partial charge in [-0.1, -0.05) is 50.2 Å². The summed E-state index contributed by atoms with van der Waals surface area (Å²) in [5.74, 6) is -0.411. The lowest BCUT2D eigenvalue weighted by Gasteiger charge is -2.23. The molecule has 144 valence electrons. The molecular formula is C21H22N4O2S. The number of amides is 2. The lowest BCUT2D eigenvalue weighted by molar-refractivity contribution is 0.0844. The van der Waals surface area contributed by atoms with Gasteiger partial charge in [0, 0.05) is 23.2 Å². The second-order valence-electron chi connectivity index (χ2n) is 6.63. The fraction of sp³-hybridized carbons (Fsp3) is 0.190. The van der Waals surface area contributed by atoms with Gasteiger partial charge >= 0.3 is 0 Å². The molecule has 3 rings (SSSR count). The summed E-state index contributed by atoms with van der Waals surface area (Å²) in [6.45, 7) is 5.05. The van der Waals surface area contributed by atoms with E-state index in [4.69, 9.17) is 0 Å². The van der Waals surface area contributed by atoms with Crippen LogP contribution in [0, 0.1) is 5.92 Å². The van der Waals surface area contributed by atoms with Crippen molar-refractivity contribution in [1.29, 1.82) is 0 Å². The van der Waals surface area contributed by atoms with Crippen LogP contribution >= 0.6 is 11.3 Å². The standard InChI is InChI=1S/C21H22N4O2S/c1-15(2)13-25(17-11-7-4-8-12-17)21-22-18(14-28-21)20(27)24-23-19(26)16-9-5-3-6-10-16/h3-12,14-15H,13H2,1-2H3,(H,23,26)(H,24,27). The van der Waals surface area contributed by atoms with Crippen LogP contribution < -0.4 is 15.8 Å².